The molecule has 3 aromatic carbocycles. The van der Waals surface area contributed by atoms with Crippen molar-refractivity contribution in [1.82, 2.24) is 9.80 Å². The van der Waals surface area contributed by atoms with Crippen molar-refractivity contribution in [1.29, 1.82) is 0 Å². The zero-order chi connectivity index (χ0) is 31.2. The fraction of sp³-hybridized carbons (Fsp3) is 0.382. The lowest BCUT2D eigenvalue weighted by molar-refractivity contribution is -0.139. The van der Waals surface area contributed by atoms with Crippen molar-refractivity contribution in [2.75, 3.05) is 64.2 Å². The Balaban J connectivity index is 1.43. The molecular weight excluding hydrogens is 560 g/mol. The molecule has 1 saturated carbocycles. The van der Waals surface area contributed by atoms with Gasteiger partial charge < -0.3 is 34.6 Å². The summed E-state index contributed by atoms with van der Waals surface area (Å²) in [5, 5.41) is 12.4. The number of piperazine rings is 1. The third-order valence-electron chi connectivity index (χ3n) is 8.20. The van der Waals surface area contributed by atoms with E-state index in [0.717, 1.165) is 61.4 Å². The molecule has 2 amide bonds. The first kappa shape index (κ1) is 30.9. The number of aliphatic carboxylic acids is 1. The van der Waals surface area contributed by atoms with Crippen LogP contribution >= 0.6 is 0 Å². The van der Waals surface area contributed by atoms with Gasteiger partial charge in [0.2, 0.25) is 5.91 Å². The molecule has 1 saturated heterocycles. The van der Waals surface area contributed by atoms with Crippen LogP contribution in [-0.4, -0.2) is 86.7 Å². The Kier molecular flexibility index (Phi) is 9.69. The van der Waals surface area contributed by atoms with Gasteiger partial charge >= 0.3 is 5.97 Å². The van der Waals surface area contributed by atoms with Crippen molar-refractivity contribution in [3.05, 3.63) is 71.8 Å². The molecule has 10 heteroatoms. The highest BCUT2D eigenvalue weighted by molar-refractivity contribution is 6.06. The van der Waals surface area contributed by atoms with Crippen molar-refractivity contribution < 1.29 is 29.0 Å². The molecule has 232 valence electrons. The number of carboxylic acid groups (broad SMARTS) is 1. The number of hydrogen-bond acceptors (Lipinski definition) is 7. The fourth-order valence-electron chi connectivity index (χ4n) is 5.47. The van der Waals surface area contributed by atoms with Crippen LogP contribution in [0.1, 0.15) is 35.2 Å². The minimum atomic E-state index is -0.921. The van der Waals surface area contributed by atoms with Crippen LogP contribution in [0.2, 0.25) is 0 Å². The average molecular weight is 601 g/mol. The highest BCUT2D eigenvalue weighted by Gasteiger charge is 2.33. The van der Waals surface area contributed by atoms with Gasteiger partial charge in [0.1, 0.15) is 0 Å². The first-order valence-electron chi connectivity index (χ1n) is 15.0. The maximum absolute atomic E-state index is 13.5. The van der Waals surface area contributed by atoms with Gasteiger partial charge in [-0.05, 0) is 73.0 Å². The Bertz CT molecular complexity index is 1510. The summed E-state index contributed by atoms with van der Waals surface area (Å²) >= 11 is 0. The van der Waals surface area contributed by atoms with E-state index in [1.54, 1.807) is 30.2 Å². The Hall–Kier alpha value is -4.57. The molecule has 0 radical (unpaired) electrons. The standard InChI is InChI=1S/C34H40N4O6/c1-36-15-17-37(18-16-36)29-11-9-26(20-28(29)35-33(41)27-10-12-30(43-2)31(21-27)44-3)25-6-4-5-23(19-25)22-38(14-13-32(39)40)34(42)24-7-8-24/h4-6,9-12,19-21,24H,7-8,13-18,22H2,1-3H3,(H,35,41)(H,39,40). The Morgan fingerprint density at radius 1 is 0.909 bits per heavy atom. The summed E-state index contributed by atoms with van der Waals surface area (Å²) < 4.78 is 10.7. The Morgan fingerprint density at radius 3 is 2.32 bits per heavy atom. The van der Waals surface area contributed by atoms with Gasteiger partial charge in [0.15, 0.2) is 11.5 Å². The number of anilines is 2. The summed E-state index contributed by atoms with van der Waals surface area (Å²) in [7, 11) is 5.20. The maximum atomic E-state index is 13.5. The number of carbonyl (C=O) groups is 3. The molecular formula is C34H40N4O6. The lowest BCUT2D eigenvalue weighted by Crippen LogP contribution is -2.44. The quantitative estimate of drug-likeness (QED) is 0.311. The van der Waals surface area contributed by atoms with Crippen molar-refractivity contribution in [2.24, 2.45) is 5.92 Å². The van der Waals surface area contributed by atoms with E-state index >= 15 is 0 Å². The van der Waals surface area contributed by atoms with Crippen LogP contribution in [0.25, 0.3) is 11.1 Å². The minimum absolute atomic E-state index is 0.00550. The number of rotatable bonds is 12. The molecule has 10 nitrogen and oxygen atoms in total. The van der Waals surface area contributed by atoms with Crippen LogP contribution in [0.5, 0.6) is 11.5 Å². The summed E-state index contributed by atoms with van der Waals surface area (Å²) in [4.78, 5) is 43.9. The van der Waals surface area contributed by atoms with Gasteiger partial charge in [-0.2, -0.15) is 0 Å². The SMILES string of the molecule is COc1ccc(C(=O)Nc2cc(-c3cccc(CN(CCC(=O)O)C(=O)C4CC4)c3)ccc2N2CCN(C)CC2)cc1OC. The number of nitrogens with one attached hydrogen (secondary N) is 1. The lowest BCUT2D eigenvalue weighted by Gasteiger charge is -2.35. The molecule has 1 heterocycles. The lowest BCUT2D eigenvalue weighted by atomic mass is 10.0. The third kappa shape index (κ3) is 7.49. The normalized spacial score (nSPS) is 15.0. The molecule has 3 aromatic rings. The van der Waals surface area contributed by atoms with Gasteiger partial charge in [-0.15, -0.1) is 0 Å². The van der Waals surface area contributed by atoms with Crippen LogP contribution < -0.4 is 19.7 Å². The monoisotopic (exact) mass is 600 g/mol. The van der Waals surface area contributed by atoms with Crippen LogP contribution in [0, 0.1) is 5.92 Å². The second-order valence-corrected chi connectivity index (χ2v) is 11.4. The van der Waals surface area contributed by atoms with E-state index in [0.29, 0.717) is 29.3 Å². The first-order valence-corrected chi connectivity index (χ1v) is 15.0. The highest BCUT2D eigenvalue weighted by atomic mass is 16.5. The molecule has 2 fully saturated rings. The Morgan fingerprint density at radius 2 is 1.64 bits per heavy atom. The molecule has 2 aliphatic rings. The van der Waals surface area contributed by atoms with Crippen LogP contribution in [0.15, 0.2) is 60.7 Å². The largest absolute Gasteiger partial charge is 0.493 e. The summed E-state index contributed by atoms with van der Waals surface area (Å²) in [6.45, 7) is 4.05. The van der Waals surface area contributed by atoms with Gasteiger partial charge in [-0.25, -0.2) is 0 Å². The van der Waals surface area contributed by atoms with E-state index in [9.17, 15) is 19.5 Å². The average Bonchev–Trinajstić information content (AvgIpc) is 3.89. The van der Waals surface area contributed by atoms with Crippen molar-refractivity contribution in [2.45, 2.75) is 25.8 Å². The second-order valence-electron chi connectivity index (χ2n) is 11.4. The molecule has 0 spiro atoms. The van der Waals surface area contributed by atoms with Gasteiger partial charge in [-0.3, -0.25) is 14.4 Å². The van der Waals surface area contributed by atoms with Gasteiger partial charge in [0.25, 0.3) is 5.91 Å². The molecule has 0 atom stereocenters. The number of nitrogens with zero attached hydrogens (tertiary/aromatic N) is 3. The summed E-state index contributed by atoms with van der Waals surface area (Å²) in [6, 6.07) is 19.1. The van der Waals surface area contributed by atoms with Crippen molar-refractivity contribution in [3.63, 3.8) is 0 Å². The second kappa shape index (κ2) is 13.8. The number of carboxylic acids is 1. The molecule has 2 N–H and O–H groups in total. The molecule has 1 aliphatic heterocycles. The van der Waals surface area contributed by atoms with E-state index in [2.05, 4.69) is 28.2 Å². The van der Waals surface area contributed by atoms with E-state index < -0.39 is 5.97 Å². The van der Waals surface area contributed by atoms with Crippen molar-refractivity contribution in [3.8, 4) is 22.6 Å². The first-order chi connectivity index (χ1) is 21.2. The van der Waals surface area contributed by atoms with Gasteiger partial charge in [0.05, 0.1) is 32.0 Å². The third-order valence-corrected chi connectivity index (χ3v) is 8.20. The van der Waals surface area contributed by atoms with E-state index in [1.165, 1.54) is 7.11 Å². The van der Waals surface area contributed by atoms with Crippen molar-refractivity contribution >= 4 is 29.2 Å². The predicted molar refractivity (Wildman–Crippen MR) is 169 cm³/mol. The number of methoxy groups -OCH3 is 2. The smallest absolute Gasteiger partial charge is 0.305 e. The number of amides is 2. The summed E-state index contributed by atoms with van der Waals surface area (Å²) in [5.74, 6) is -0.137. The number of carbonyl (C=O) groups excluding carboxylic acids is 2. The zero-order valence-corrected chi connectivity index (χ0v) is 25.5. The molecule has 0 aromatic heterocycles. The molecule has 44 heavy (non-hydrogen) atoms. The van der Waals surface area contributed by atoms with E-state index in [4.69, 9.17) is 9.47 Å². The molecule has 0 unspecified atom stereocenters. The number of likely N-dealkylation sites (N-methyl/N-ethyl adjacent to an activating group) is 1. The number of ether oxygens (including phenoxy) is 2. The molecule has 0 bridgehead atoms. The Labute approximate surface area is 258 Å². The van der Waals surface area contributed by atoms with Crippen LogP contribution in [0.4, 0.5) is 11.4 Å². The number of benzene rings is 3. The zero-order valence-electron chi connectivity index (χ0n) is 25.5. The van der Waals surface area contributed by atoms with Gasteiger partial charge in [-0.1, -0.05) is 24.3 Å². The van der Waals surface area contributed by atoms with Crippen LogP contribution in [-0.2, 0) is 16.1 Å². The molecule has 5 rings (SSSR count). The minimum Gasteiger partial charge on any atom is -0.493 e. The fourth-order valence-corrected chi connectivity index (χ4v) is 5.47. The van der Waals surface area contributed by atoms with Crippen LogP contribution in [0.3, 0.4) is 0 Å². The maximum Gasteiger partial charge on any atom is 0.305 e. The van der Waals surface area contributed by atoms with E-state index in [-0.39, 0.29) is 30.7 Å². The topological polar surface area (TPSA) is 112 Å². The highest BCUT2D eigenvalue weighted by Crippen LogP contribution is 2.35. The number of hydrogen-bond donors (Lipinski definition) is 2. The predicted octanol–water partition coefficient (Wildman–Crippen LogP) is 4.59. The van der Waals surface area contributed by atoms with E-state index in [1.807, 2.05) is 36.4 Å². The summed E-state index contributed by atoms with van der Waals surface area (Å²) in [6.07, 6.45) is 1.63. The summed E-state index contributed by atoms with van der Waals surface area (Å²) in [5.41, 5.74) is 4.86. The molecule has 1 aliphatic carbocycles. The van der Waals surface area contributed by atoms with Gasteiger partial charge in [0, 0.05) is 50.7 Å².